The van der Waals surface area contributed by atoms with Gasteiger partial charge in [0.2, 0.25) is 0 Å². The van der Waals surface area contributed by atoms with E-state index < -0.39 is 0 Å². The van der Waals surface area contributed by atoms with Crippen molar-refractivity contribution >= 4 is 34.1 Å². The molecule has 140 valence electrons. The summed E-state index contributed by atoms with van der Waals surface area (Å²) in [5.41, 5.74) is 3.19. The minimum absolute atomic E-state index is 0.212. The Balaban J connectivity index is 1.52. The third-order valence-corrected chi connectivity index (χ3v) is 4.17. The zero-order chi connectivity index (χ0) is 19.2. The van der Waals surface area contributed by atoms with Crippen molar-refractivity contribution < 1.29 is 23.9 Å². The molecular formula is C19H18N2O5S. The topological polar surface area (TPSA) is 93.0 Å². The van der Waals surface area contributed by atoms with E-state index in [0.717, 1.165) is 5.39 Å². The van der Waals surface area contributed by atoms with Gasteiger partial charge in [0.25, 0.3) is 5.91 Å². The van der Waals surface area contributed by atoms with Crippen LogP contribution in [0.4, 0.5) is 0 Å². The van der Waals surface area contributed by atoms with Crippen molar-refractivity contribution in [2.24, 2.45) is 0 Å². The Kier molecular flexibility index (Phi) is 5.90. The van der Waals surface area contributed by atoms with Crippen molar-refractivity contribution in [1.82, 2.24) is 10.8 Å². The molecule has 2 aromatic carbocycles. The Labute approximate surface area is 160 Å². The first-order valence-electron chi connectivity index (χ1n) is 8.14. The van der Waals surface area contributed by atoms with E-state index in [1.165, 1.54) is 0 Å². The zero-order valence-electron chi connectivity index (χ0n) is 14.5. The molecule has 0 bridgehead atoms. The highest BCUT2D eigenvalue weighted by atomic mass is 32.1. The van der Waals surface area contributed by atoms with Crippen molar-refractivity contribution in [2.45, 2.75) is 0 Å². The number of thiocarbonyl (C=S) groups is 1. The van der Waals surface area contributed by atoms with Gasteiger partial charge in [-0.05, 0) is 36.4 Å². The average molecular weight is 386 g/mol. The van der Waals surface area contributed by atoms with Gasteiger partial charge in [-0.25, -0.2) is 0 Å². The third kappa shape index (κ3) is 4.36. The van der Waals surface area contributed by atoms with Gasteiger partial charge in [-0.2, -0.15) is 0 Å². The third-order valence-electron chi connectivity index (χ3n) is 3.84. The van der Waals surface area contributed by atoms with Crippen LogP contribution in [-0.2, 0) is 0 Å². The molecule has 3 aromatic rings. The first kappa shape index (κ1) is 18.7. The highest BCUT2D eigenvalue weighted by Gasteiger charge is 2.14. The Hall–Kier alpha value is -3.10. The van der Waals surface area contributed by atoms with E-state index in [-0.39, 0.29) is 23.3 Å². The zero-order valence-corrected chi connectivity index (χ0v) is 15.3. The summed E-state index contributed by atoms with van der Waals surface area (Å²) in [5, 5.41) is 12.3. The minimum Gasteiger partial charge on any atom is -0.496 e. The number of fused-ring (bicyclic) bond motifs is 1. The second-order valence-electron chi connectivity index (χ2n) is 5.55. The smallest absolute Gasteiger partial charge is 0.287 e. The fourth-order valence-corrected chi connectivity index (χ4v) is 2.65. The summed E-state index contributed by atoms with van der Waals surface area (Å²) in [7, 11) is 1.57. The second-order valence-corrected chi connectivity index (χ2v) is 5.96. The minimum atomic E-state index is -0.327. The maximum atomic E-state index is 12.2. The molecule has 3 rings (SSSR count). The van der Waals surface area contributed by atoms with E-state index in [4.69, 9.17) is 31.3 Å². The van der Waals surface area contributed by atoms with Crippen LogP contribution >= 0.6 is 12.2 Å². The van der Waals surface area contributed by atoms with Crippen LogP contribution < -0.4 is 20.3 Å². The number of hydrogen-bond donors (Lipinski definition) is 3. The molecule has 1 aromatic heterocycles. The SMILES string of the molecule is COc1cccc2oc(C(=O)NCCOc3ccc(C(=S)NO)cc3)cc12. The van der Waals surface area contributed by atoms with Crippen molar-refractivity contribution in [2.75, 3.05) is 20.3 Å². The molecule has 0 fully saturated rings. The lowest BCUT2D eigenvalue weighted by Crippen LogP contribution is -2.27. The van der Waals surface area contributed by atoms with E-state index in [2.05, 4.69) is 5.32 Å². The van der Waals surface area contributed by atoms with Crippen LogP contribution in [-0.4, -0.2) is 36.4 Å². The van der Waals surface area contributed by atoms with Gasteiger partial charge in [0, 0.05) is 11.6 Å². The standard InChI is InChI=1S/C19H18N2O5S/c1-24-15-3-2-4-16-14(15)11-17(26-16)18(22)20-9-10-25-13-7-5-12(6-8-13)19(27)21-23/h2-8,11,23H,9-10H2,1H3,(H,20,22)(H,21,27). The molecule has 0 atom stereocenters. The molecule has 0 saturated carbocycles. The fourth-order valence-electron chi connectivity index (χ4n) is 2.51. The first-order valence-corrected chi connectivity index (χ1v) is 8.55. The second kappa shape index (κ2) is 8.52. The molecular weight excluding hydrogens is 368 g/mol. The van der Waals surface area contributed by atoms with E-state index in [0.29, 0.717) is 29.2 Å². The number of rotatable bonds is 7. The highest BCUT2D eigenvalue weighted by molar-refractivity contribution is 7.80. The Morgan fingerprint density at radius 3 is 2.70 bits per heavy atom. The molecule has 0 unspecified atom stereocenters. The molecule has 0 aliphatic carbocycles. The summed E-state index contributed by atoms with van der Waals surface area (Å²) < 4.78 is 16.4. The average Bonchev–Trinajstić information content (AvgIpc) is 3.15. The molecule has 0 saturated heterocycles. The maximum Gasteiger partial charge on any atom is 0.287 e. The quantitative estimate of drug-likeness (QED) is 0.327. The van der Waals surface area contributed by atoms with E-state index >= 15 is 0 Å². The molecule has 0 spiro atoms. The van der Waals surface area contributed by atoms with Crippen LogP contribution in [0.15, 0.2) is 52.9 Å². The molecule has 8 heteroatoms. The van der Waals surface area contributed by atoms with Gasteiger partial charge >= 0.3 is 0 Å². The normalized spacial score (nSPS) is 10.4. The number of carbonyl (C=O) groups is 1. The Bertz CT molecular complexity index is 952. The number of ether oxygens (including phenoxy) is 2. The highest BCUT2D eigenvalue weighted by Crippen LogP contribution is 2.28. The van der Waals surface area contributed by atoms with Crippen molar-refractivity contribution in [3.63, 3.8) is 0 Å². The maximum absolute atomic E-state index is 12.2. The lowest BCUT2D eigenvalue weighted by molar-refractivity contribution is 0.0921. The summed E-state index contributed by atoms with van der Waals surface area (Å²) in [6.07, 6.45) is 0. The monoisotopic (exact) mass is 386 g/mol. The van der Waals surface area contributed by atoms with Gasteiger partial charge in [0.05, 0.1) is 19.0 Å². The van der Waals surface area contributed by atoms with Gasteiger partial charge in [-0.1, -0.05) is 18.3 Å². The molecule has 1 heterocycles. The number of methoxy groups -OCH3 is 1. The number of benzene rings is 2. The van der Waals surface area contributed by atoms with Crippen LogP contribution in [0.2, 0.25) is 0 Å². The number of furan rings is 1. The molecule has 1 amide bonds. The number of amides is 1. The van der Waals surface area contributed by atoms with Crippen LogP contribution in [0.1, 0.15) is 16.1 Å². The van der Waals surface area contributed by atoms with Crippen molar-refractivity contribution in [3.05, 3.63) is 59.9 Å². The van der Waals surface area contributed by atoms with Crippen LogP contribution in [0.3, 0.4) is 0 Å². The van der Waals surface area contributed by atoms with Crippen LogP contribution in [0.5, 0.6) is 11.5 Å². The number of nitrogens with one attached hydrogen (secondary N) is 2. The first-order chi connectivity index (χ1) is 13.1. The largest absolute Gasteiger partial charge is 0.496 e. The number of carbonyl (C=O) groups excluding carboxylic acids is 1. The fraction of sp³-hybridized carbons (Fsp3) is 0.158. The molecule has 0 aliphatic rings. The molecule has 7 nitrogen and oxygen atoms in total. The Morgan fingerprint density at radius 1 is 1.22 bits per heavy atom. The summed E-state index contributed by atoms with van der Waals surface area (Å²) in [6.45, 7) is 0.600. The predicted molar refractivity (Wildman–Crippen MR) is 104 cm³/mol. The summed E-state index contributed by atoms with van der Waals surface area (Å²) in [4.78, 5) is 12.5. The van der Waals surface area contributed by atoms with Crippen LogP contribution in [0, 0.1) is 0 Å². The van der Waals surface area contributed by atoms with E-state index in [1.54, 1.807) is 49.6 Å². The van der Waals surface area contributed by atoms with Gasteiger partial charge in [-0.3, -0.25) is 15.5 Å². The molecule has 3 N–H and O–H groups in total. The molecule has 0 aliphatic heterocycles. The molecule has 0 radical (unpaired) electrons. The van der Waals surface area contributed by atoms with Gasteiger partial charge < -0.3 is 19.2 Å². The van der Waals surface area contributed by atoms with Gasteiger partial charge in [0.15, 0.2) is 5.76 Å². The lowest BCUT2D eigenvalue weighted by Gasteiger charge is -2.08. The van der Waals surface area contributed by atoms with E-state index in [1.807, 2.05) is 11.5 Å². The summed E-state index contributed by atoms with van der Waals surface area (Å²) in [5.74, 6) is 1.16. The number of hydroxylamine groups is 1. The summed E-state index contributed by atoms with van der Waals surface area (Å²) >= 11 is 4.92. The van der Waals surface area contributed by atoms with Gasteiger partial charge in [-0.15, -0.1) is 0 Å². The summed E-state index contributed by atoms with van der Waals surface area (Å²) in [6, 6.07) is 13.9. The van der Waals surface area contributed by atoms with E-state index in [9.17, 15) is 4.79 Å². The van der Waals surface area contributed by atoms with Crippen molar-refractivity contribution in [1.29, 1.82) is 0 Å². The lowest BCUT2D eigenvalue weighted by atomic mass is 10.2. The predicted octanol–water partition coefficient (Wildman–Crippen LogP) is 2.90. The van der Waals surface area contributed by atoms with Crippen molar-refractivity contribution in [3.8, 4) is 11.5 Å². The van der Waals surface area contributed by atoms with Gasteiger partial charge in [0.1, 0.15) is 28.7 Å². The van der Waals surface area contributed by atoms with Crippen LogP contribution in [0.25, 0.3) is 11.0 Å². The number of hydrogen-bond acceptors (Lipinski definition) is 6. The Morgan fingerprint density at radius 2 is 2.00 bits per heavy atom. The molecule has 27 heavy (non-hydrogen) atoms.